The molecule has 0 spiro atoms. The van der Waals surface area contributed by atoms with Gasteiger partial charge in [0.25, 0.3) is 0 Å². The van der Waals surface area contributed by atoms with Crippen LogP contribution in [0.3, 0.4) is 0 Å². The van der Waals surface area contributed by atoms with Gasteiger partial charge in [0.2, 0.25) is 4.96 Å². The first kappa shape index (κ1) is 7.94. The average molecular weight is 203 g/mol. The molecule has 0 unspecified atom stereocenters. The van der Waals surface area contributed by atoms with Gasteiger partial charge in [0, 0.05) is 0 Å². The van der Waals surface area contributed by atoms with Gasteiger partial charge in [-0.3, -0.25) is 4.40 Å². The first-order valence-electron chi connectivity index (χ1n) is 4.46. The summed E-state index contributed by atoms with van der Waals surface area (Å²) in [6.45, 7) is 4.08. The smallest absolute Gasteiger partial charge is 0.217 e. The Morgan fingerprint density at radius 1 is 1.21 bits per heavy atom. The molecule has 0 aliphatic carbocycles. The Labute approximate surface area is 85.0 Å². The third kappa shape index (κ3) is 0.915. The van der Waals surface area contributed by atoms with Gasteiger partial charge < -0.3 is 0 Å². The van der Waals surface area contributed by atoms with Crippen molar-refractivity contribution in [1.82, 2.24) is 14.6 Å². The minimum atomic E-state index is 0.955. The van der Waals surface area contributed by atoms with Crippen molar-refractivity contribution in [3.8, 4) is 0 Å². The van der Waals surface area contributed by atoms with E-state index < -0.39 is 0 Å². The van der Waals surface area contributed by atoms with Crippen LogP contribution in [0.25, 0.3) is 15.2 Å². The number of rotatable bonds is 0. The van der Waals surface area contributed by atoms with E-state index >= 15 is 0 Å². The highest BCUT2D eigenvalue weighted by atomic mass is 32.1. The summed E-state index contributed by atoms with van der Waals surface area (Å²) in [5, 5.41) is 8.18. The number of fused-ring (bicyclic) bond motifs is 3. The fraction of sp³-hybridized carbons (Fsp3) is 0.200. The Hall–Kier alpha value is -1.42. The number of hydrogen-bond acceptors (Lipinski definition) is 3. The third-order valence-electron chi connectivity index (χ3n) is 2.35. The number of aromatic nitrogens is 3. The second-order valence-electron chi connectivity index (χ2n) is 3.44. The average Bonchev–Trinajstić information content (AvgIpc) is 2.67. The third-order valence-corrected chi connectivity index (χ3v) is 3.36. The molecule has 0 saturated heterocycles. The molecule has 0 aliphatic heterocycles. The highest BCUT2D eigenvalue weighted by Crippen LogP contribution is 2.26. The van der Waals surface area contributed by atoms with Crippen LogP contribution in [0.1, 0.15) is 11.4 Å². The van der Waals surface area contributed by atoms with Gasteiger partial charge in [0.05, 0.1) is 10.2 Å². The molecule has 4 heteroatoms. The van der Waals surface area contributed by atoms with Crippen LogP contribution in [-0.2, 0) is 0 Å². The van der Waals surface area contributed by atoms with Crippen molar-refractivity contribution in [1.29, 1.82) is 0 Å². The Morgan fingerprint density at radius 2 is 2.07 bits per heavy atom. The summed E-state index contributed by atoms with van der Waals surface area (Å²) in [5.74, 6) is 0.955. The Morgan fingerprint density at radius 3 is 2.93 bits per heavy atom. The van der Waals surface area contributed by atoms with Crippen LogP contribution in [0, 0.1) is 13.8 Å². The van der Waals surface area contributed by atoms with Gasteiger partial charge in [-0.05, 0) is 31.5 Å². The second-order valence-corrected chi connectivity index (χ2v) is 4.45. The molecular weight excluding hydrogens is 194 g/mol. The molecule has 1 aromatic carbocycles. The maximum atomic E-state index is 4.12. The number of aryl methyl sites for hydroxylation is 2. The normalized spacial score (nSPS) is 11.6. The summed E-state index contributed by atoms with van der Waals surface area (Å²) in [6.07, 6.45) is 0. The maximum absolute atomic E-state index is 4.12. The lowest BCUT2D eigenvalue weighted by Crippen LogP contribution is -1.84. The number of nitrogens with zero attached hydrogens (tertiary/aromatic N) is 3. The van der Waals surface area contributed by atoms with Crippen LogP contribution in [0.2, 0.25) is 0 Å². The Balaban J connectivity index is 2.61. The standard InChI is InChI=1S/C10H9N3S/c1-6-3-4-9-8(5-6)13-7(2)11-12-10(13)14-9/h3-5H,1-2H3. The fourth-order valence-corrected chi connectivity index (χ4v) is 2.66. The highest BCUT2D eigenvalue weighted by molar-refractivity contribution is 7.23. The fourth-order valence-electron chi connectivity index (χ4n) is 1.67. The molecule has 0 radical (unpaired) electrons. The predicted octanol–water partition coefficient (Wildman–Crippen LogP) is 2.56. The van der Waals surface area contributed by atoms with Crippen LogP contribution >= 0.6 is 11.3 Å². The molecule has 0 fully saturated rings. The molecule has 2 aromatic heterocycles. The van der Waals surface area contributed by atoms with Crippen LogP contribution in [0.5, 0.6) is 0 Å². The highest BCUT2D eigenvalue weighted by Gasteiger charge is 2.08. The van der Waals surface area contributed by atoms with E-state index in [-0.39, 0.29) is 0 Å². The predicted molar refractivity (Wildman–Crippen MR) is 57.8 cm³/mol. The van der Waals surface area contributed by atoms with E-state index in [4.69, 9.17) is 0 Å². The maximum Gasteiger partial charge on any atom is 0.217 e. The van der Waals surface area contributed by atoms with Gasteiger partial charge in [-0.1, -0.05) is 17.4 Å². The van der Waals surface area contributed by atoms with Crippen molar-refractivity contribution < 1.29 is 0 Å². The topological polar surface area (TPSA) is 30.2 Å². The summed E-state index contributed by atoms with van der Waals surface area (Å²) in [6, 6.07) is 6.44. The van der Waals surface area contributed by atoms with Gasteiger partial charge in [-0.2, -0.15) is 0 Å². The monoisotopic (exact) mass is 203 g/mol. The van der Waals surface area contributed by atoms with Gasteiger partial charge in [0.15, 0.2) is 0 Å². The van der Waals surface area contributed by atoms with Crippen molar-refractivity contribution in [3.63, 3.8) is 0 Å². The van der Waals surface area contributed by atoms with Crippen molar-refractivity contribution >= 4 is 26.5 Å². The van der Waals surface area contributed by atoms with Crippen molar-refractivity contribution in [2.24, 2.45) is 0 Å². The minimum absolute atomic E-state index is 0.955. The van der Waals surface area contributed by atoms with Crippen molar-refractivity contribution in [2.45, 2.75) is 13.8 Å². The molecule has 0 amide bonds. The number of benzene rings is 1. The van der Waals surface area contributed by atoms with Crippen LogP contribution in [-0.4, -0.2) is 14.6 Å². The first-order valence-corrected chi connectivity index (χ1v) is 5.28. The number of thiazole rings is 1. The second kappa shape index (κ2) is 2.54. The summed E-state index contributed by atoms with van der Waals surface area (Å²) in [7, 11) is 0. The van der Waals surface area contributed by atoms with Crippen LogP contribution in [0.4, 0.5) is 0 Å². The van der Waals surface area contributed by atoms with E-state index in [0.717, 1.165) is 10.8 Å². The zero-order valence-corrected chi connectivity index (χ0v) is 8.80. The zero-order chi connectivity index (χ0) is 9.71. The molecule has 2 heterocycles. The first-order chi connectivity index (χ1) is 6.75. The summed E-state index contributed by atoms with van der Waals surface area (Å²) < 4.78 is 3.37. The van der Waals surface area contributed by atoms with Crippen LogP contribution < -0.4 is 0 Å². The summed E-state index contributed by atoms with van der Waals surface area (Å²) in [5.41, 5.74) is 2.48. The molecule has 0 atom stereocenters. The molecule has 3 nitrogen and oxygen atoms in total. The lowest BCUT2D eigenvalue weighted by atomic mass is 10.2. The van der Waals surface area contributed by atoms with Gasteiger partial charge in [0.1, 0.15) is 5.82 Å². The van der Waals surface area contributed by atoms with E-state index in [1.807, 2.05) is 6.92 Å². The summed E-state index contributed by atoms with van der Waals surface area (Å²) >= 11 is 1.68. The molecule has 14 heavy (non-hydrogen) atoms. The molecule has 3 rings (SSSR count). The summed E-state index contributed by atoms with van der Waals surface area (Å²) in [4.78, 5) is 0.975. The largest absolute Gasteiger partial charge is 0.270 e. The minimum Gasteiger partial charge on any atom is -0.270 e. The van der Waals surface area contributed by atoms with Crippen LogP contribution in [0.15, 0.2) is 18.2 Å². The van der Waals surface area contributed by atoms with E-state index in [9.17, 15) is 0 Å². The SMILES string of the molecule is Cc1ccc2sc3nnc(C)n3c2c1. The van der Waals surface area contributed by atoms with E-state index in [2.05, 4.69) is 39.7 Å². The van der Waals surface area contributed by atoms with Crippen molar-refractivity contribution in [2.75, 3.05) is 0 Å². The van der Waals surface area contributed by atoms with Gasteiger partial charge in [-0.15, -0.1) is 10.2 Å². The van der Waals surface area contributed by atoms with Gasteiger partial charge in [-0.25, -0.2) is 0 Å². The lowest BCUT2D eigenvalue weighted by molar-refractivity contribution is 1.02. The molecule has 70 valence electrons. The van der Waals surface area contributed by atoms with E-state index in [1.165, 1.54) is 15.8 Å². The molecule has 0 bridgehead atoms. The molecule has 3 aromatic rings. The lowest BCUT2D eigenvalue weighted by Gasteiger charge is -1.94. The van der Waals surface area contributed by atoms with E-state index in [1.54, 1.807) is 11.3 Å². The van der Waals surface area contributed by atoms with Gasteiger partial charge >= 0.3 is 0 Å². The Kier molecular flexibility index (Phi) is 1.44. The molecule has 0 N–H and O–H groups in total. The quantitative estimate of drug-likeness (QED) is 0.562. The molecule has 0 aliphatic rings. The Bertz CT molecular complexity index is 621. The molecular formula is C10H9N3S. The molecule has 0 saturated carbocycles. The zero-order valence-electron chi connectivity index (χ0n) is 7.98. The van der Waals surface area contributed by atoms with Crippen molar-refractivity contribution in [3.05, 3.63) is 29.6 Å². The van der Waals surface area contributed by atoms with E-state index in [0.29, 0.717) is 0 Å². The number of hydrogen-bond donors (Lipinski definition) is 0.